The molecule has 0 radical (unpaired) electrons. The molecule has 1 aliphatic heterocycles. The van der Waals surface area contributed by atoms with Gasteiger partial charge in [-0.25, -0.2) is 0 Å². The Morgan fingerprint density at radius 3 is 2.88 bits per heavy atom. The summed E-state index contributed by atoms with van der Waals surface area (Å²) in [6.07, 6.45) is 0.407. The van der Waals surface area contributed by atoms with E-state index in [2.05, 4.69) is 0 Å². The molecule has 0 fully saturated rings. The highest BCUT2D eigenvalue weighted by atomic mass is 16.5. The van der Waals surface area contributed by atoms with E-state index in [4.69, 9.17) is 10.00 Å². The summed E-state index contributed by atoms with van der Waals surface area (Å²) in [6, 6.07) is 6.92. The van der Waals surface area contributed by atoms with E-state index in [9.17, 15) is 9.90 Å². The fourth-order valence-electron chi connectivity index (χ4n) is 2.14. The SMILES string of the molecule is CC1(C)CC(C(=O)O)c2cc(C#N)ccc2O1. The van der Waals surface area contributed by atoms with Crippen molar-refractivity contribution in [3.8, 4) is 11.8 Å². The van der Waals surface area contributed by atoms with Gasteiger partial charge >= 0.3 is 5.97 Å². The van der Waals surface area contributed by atoms with Crippen molar-refractivity contribution < 1.29 is 14.6 Å². The predicted molar refractivity (Wildman–Crippen MR) is 60.9 cm³/mol. The Labute approximate surface area is 99.4 Å². The van der Waals surface area contributed by atoms with Gasteiger partial charge < -0.3 is 9.84 Å². The van der Waals surface area contributed by atoms with E-state index in [1.165, 1.54) is 0 Å². The van der Waals surface area contributed by atoms with Gasteiger partial charge in [-0.2, -0.15) is 5.26 Å². The van der Waals surface area contributed by atoms with E-state index in [0.29, 0.717) is 23.3 Å². The van der Waals surface area contributed by atoms with E-state index in [1.54, 1.807) is 18.2 Å². The Morgan fingerprint density at radius 2 is 2.29 bits per heavy atom. The van der Waals surface area contributed by atoms with Crippen molar-refractivity contribution in [2.45, 2.75) is 31.8 Å². The molecule has 1 unspecified atom stereocenters. The van der Waals surface area contributed by atoms with Crippen LogP contribution in [-0.4, -0.2) is 16.7 Å². The van der Waals surface area contributed by atoms with Gasteiger partial charge in [0.25, 0.3) is 0 Å². The van der Waals surface area contributed by atoms with E-state index >= 15 is 0 Å². The van der Waals surface area contributed by atoms with Crippen molar-refractivity contribution >= 4 is 5.97 Å². The minimum Gasteiger partial charge on any atom is -0.488 e. The number of aliphatic carboxylic acids is 1. The minimum absolute atomic E-state index is 0.407. The maximum Gasteiger partial charge on any atom is 0.311 e. The van der Waals surface area contributed by atoms with Gasteiger partial charge in [-0.1, -0.05) is 0 Å². The summed E-state index contributed by atoms with van der Waals surface area (Å²) < 4.78 is 5.73. The fraction of sp³-hybridized carbons (Fsp3) is 0.385. The maximum atomic E-state index is 11.3. The first-order chi connectivity index (χ1) is 7.93. The lowest BCUT2D eigenvalue weighted by atomic mass is 9.84. The number of fused-ring (bicyclic) bond motifs is 1. The van der Waals surface area contributed by atoms with E-state index in [0.717, 1.165) is 0 Å². The topological polar surface area (TPSA) is 70.3 Å². The first-order valence-corrected chi connectivity index (χ1v) is 5.39. The first kappa shape index (κ1) is 11.5. The molecule has 0 saturated carbocycles. The summed E-state index contributed by atoms with van der Waals surface area (Å²) >= 11 is 0. The Bertz CT molecular complexity index is 514. The highest BCUT2D eigenvalue weighted by Gasteiger charge is 2.37. The van der Waals surface area contributed by atoms with Crippen LogP contribution in [0.2, 0.25) is 0 Å². The van der Waals surface area contributed by atoms with Crippen LogP contribution >= 0.6 is 0 Å². The Kier molecular flexibility index (Phi) is 2.55. The average molecular weight is 231 g/mol. The van der Waals surface area contributed by atoms with Crippen LogP contribution in [0.4, 0.5) is 0 Å². The third-order valence-corrected chi connectivity index (χ3v) is 2.89. The monoisotopic (exact) mass is 231 g/mol. The van der Waals surface area contributed by atoms with E-state index in [-0.39, 0.29) is 0 Å². The van der Waals surface area contributed by atoms with Crippen LogP contribution in [0.1, 0.15) is 37.3 Å². The van der Waals surface area contributed by atoms with Gasteiger partial charge in [0.15, 0.2) is 0 Å². The number of carboxylic acid groups (broad SMARTS) is 1. The number of carboxylic acids is 1. The van der Waals surface area contributed by atoms with Gasteiger partial charge in [-0.3, -0.25) is 4.79 Å². The van der Waals surface area contributed by atoms with Crippen LogP contribution in [0.15, 0.2) is 18.2 Å². The molecule has 0 bridgehead atoms. The standard InChI is InChI=1S/C13H13NO3/c1-13(2)6-10(12(15)16)9-5-8(7-14)3-4-11(9)17-13/h3-5,10H,6H2,1-2H3,(H,15,16). The molecule has 0 spiro atoms. The fourth-order valence-corrected chi connectivity index (χ4v) is 2.14. The molecular weight excluding hydrogens is 218 g/mol. The minimum atomic E-state index is -0.877. The number of hydrogen-bond acceptors (Lipinski definition) is 3. The molecule has 1 N–H and O–H groups in total. The highest BCUT2D eigenvalue weighted by molar-refractivity contribution is 5.78. The van der Waals surface area contributed by atoms with Crippen LogP contribution in [0, 0.1) is 11.3 Å². The smallest absolute Gasteiger partial charge is 0.311 e. The second-order valence-electron chi connectivity index (χ2n) is 4.82. The predicted octanol–water partition coefficient (Wildman–Crippen LogP) is 2.29. The van der Waals surface area contributed by atoms with Crippen LogP contribution in [0.25, 0.3) is 0 Å². The molecule has 4 heteroatoms. The molecule has 88 valence electrons. The van der Waals surface area contributed by atoms with Gasteiger partial charge in [0, 0.05) is 12.0 Å². The Morgan fingerprint density at radius 1 is 1.59 bits per heavy atom. The highest BCUT2D eigenvalue weighted by Crippen LogP contribution is 2.41. The third-order valence-electron chi connectivity index (χ3n) is 2.89. The van der Waals surface area contributed by atoms with Crippen molar-refractivity contribution in [2.75, 3.05) is 0 Å². The van der Waals surface area contributed by atoms with E-state index in [1.807, 2.05) is 19.9 Å². The van der Waals surface area contributed by atoms with Gasteiger partial charge in [0.05, 0.1) is 17.6 Å². The van der Waals surface area contributed by atoms with Crippen molar-refractivity contribution in [2.24, 2.45) is 0 Å². The molecular formula is C13H13NO3. The average Bonchev–Trinajstić information content (AvgIpc) is 2.26. The molecule has 17 heavy (non-hydrogen) atoms. The molecule has 1 aromatic carbocycles. The number of carbonyl (C=O) groups is 1. The summed E-state index contributed by atoms with van der Waals surface area (Å²) in [5.74, 6) is -0.924. The molecule has 1 aromatic rings. The molecule has 2 rings (SSSR count). The van der Waals surface area contributed by atoms with Crippen LogP contribution in [0.5, 0.6) is 5.75 Å². The second-order valence-corrected chi connectivity index (χ2v) is 4.82. The lowest BCUT2D eigenvalue weighted by Gasteiger charge is -2.36. The molecule has 0 aliphatic carbocycles. The van der Waals surface area contributed by atoms with Crippen molar-refractivity contribution in [1.29, 1.82) is 5.26 Å². The van der Waals surface area contributed by atoms with Crippen LogP contribution in [0.3, 0.4) is 0 Å². The molecule has 1 atom stereocenters. The lowest BCUT2D eigenvalue weighted by molar-refractivity contribution is -0.140. The zero-order valence-corrected chi connectivity index (χ0v) is 9.73. The quantitative estimate of drug-likeness (QED) is 0.805. The third kappa shape index (κ3) is 2.09. The first-order valence-electron chi connectivity index (χ1n) is 5.39. The van der Waals surface area contributed by atoms with E-state index < -0.39 is 17.5 Å². The van der Waals surface area contributed by atoms with Gasteiger partial charge in [0.2, 0.25) is 0 Å². The molecule has 1 heterocycles. The zero-order valence-electron chi connectivity index (χ0n) is 9.73. The summed E-state index contributed by atoms with van der Waals surface area (Å²) in [5, 5.41) is 18.1. The number of benzene rings is 1. The molecule has 1 aliphatic rings. The summed E-state index contributed by atoms with van der Waals surface area (Å²) in [7, 11) is 0. The normalized spacial score (nSPS) is 20.9. The van der Waals surface area contributed by atoms with Crippen molar-refractivity contribution in [1.82, 2.24) is 0 Å². The van der Waals surface area contributed by atoms with Crippen LogP contribution in [-0.2, 0) is 4.79 Å². The molecule has 0 saturated heterocycles. The zero-order chi connectivity index (χ0) is 12.6. The number of hydrogen-bond donors (Lipinski definition) is 1. The molecule has 0 amide bonds. The van der Waals surface area contributed by atoms with Gasteiger partial charge in [-0.15, -0.1) is 0 Å². The number of ether oxygens (including phenoxy) is 1. The molecule has 0 aromatic heterocycles. The molecule has 4 nitrogen and oxygen atoms in total. The Balaban J connectivity index is 2.54. The maximum absolute atomic E-state index is 11.3. The summed E-state index contributed by atoms with van der Waals surface area (Å²) in [5.41, 5.74) is 0.554. The van der Waals surface area contributed by atoms with Gasteiger partial charge in [-0.05, 0) is 32.0 Å². The number of nitrogens with zero attached hydrogens (tertiary/aromatic N) is 1. The lowest BCUT2D eigenvalue weighted by Crippen LogP contribution is -2.37. The largest absolute Gasteiger partial charge is 0.488 e. The summed E-state index contributed by atoms with van der Waals surface area (Å²) in [6.45, 7) is 3.73. The van der Waals surface area contributed by atoms with Crippen molar-refractivity contribution in [3.05, 3.63) is 29.3 Å². The van der Waals surface area contributed by atoms with Crippen molar-refractivity contribution in [3.63, 3.8) is 0 Å². The van der Waals surface area contributed by atoms with Gasteiger partial charge in [0.1, 0.15) is 11.4 Å². The van der Waals surface area contributed by atoms with Crippen LogP contribution < -0.4 is 4.74 Å². The summed E-state index contributed by atoms with van der Waals surface area (Å²) in [4.78, 5) is 11.3. The second kappa shape index (κ2) is 3.77. The number of rotatable bonds is 1. The Hall–Kier alpha value is -2.02. The number of nitriles is 1.